The van der Waals surface area contributed by atoms with E-state index >= 15 is 0 Å². The van der Waals surface area contributed by atoms with E-state index in [1.807, 2.05) is 22.8 Å². The number of carbonyl (C=O) groups is 2. The van der Waals surface area contributed by atoms with Gasteiger partial charge in [-0.15, -0.1) is 0 Å². The van der Waals surface area contributed by atoms with E-state index in [-0.39, 0.29) is 36.8 Å². The standard InChI is InChI=1S/C31H30N6O4/c1-3-25(39)35-22-10-7-18(8-11-22)28-26(27-29(37(28)13-14-38)20(16-32)17-34-30(27)33)19-9-12-23(24(15-19)41-2)31(40)36-21-5-4-6-21/h3,7-12,15,17,21,38H,1,4-6,13-14H2,2H3,(H2,33,34)(H,35,39)(H,36,40). The smallest absolute Gasteiger partial charge is 0.255 e. The molecule has 208 valence electrons. The fourth-order valence-corrected chi connectivity index (χ4v) is 5.15. The van der Waals surface area contributed by atoms with Crippen LogP contribution in [0.25, 0.3) is 33.3 Å². The third-order valence-corrected chi connectivity index (χ3v) is 7.34. The highest BCUT2D eigenvalue weighted by molar-refractivity contribution is 6.11. The van der Waals surface area contributed by atoms with Gasteiger partial charge in [0.2, 0.25) is 5.91 Å². The fraction of sp³-hybridized carbons (Fsp3) is 0.226. The normalized spacial score (nSPS) is 12.8. The van der Waals surface area contributed by atoms with Crippen molar-refractivity contribution in [2.75, 3.05) is 24.8 Å². The average Bonchev–Trinajstić information content (AvgIpc) is 3.31. The molecular weight excluding hydrogens is 520 g/mol. The lowest BCUT2D eigenvalue weighted by Gasteiger charge is -2.26. The number of amides is 2. The van der Waals surface area contributed by atoms with Crippen molar-refractivity contribution in [1.82, 2.24) is 14.9 Å². The van der Waals surface area contributed by atoms with Crippen LogP contribution < -0.4 is 21.1 Å². The molecule has 0 unspecified atom stereocenters. The van der Waals surface area contributed by atoms with Crippen LogP contribution in [0.2, 0.25) is 0 Å². The lowest BCUT2D eigenvalue weighted by molar-refractivity contribution is -0.111. The van der Waals surface area contributed by atoms with Gasteiger partial charge < -0.3 is 30.8 Å². The van der Waals surface area contributed by atoms with Gasteiger partial charge in [-0.05, 0) is 60.7 Å². The minimum atomic E-state index is -0.334. The molecule has 5 N–H and O–H groups in total. The van der Waals surface area contributed by atoms with Gasteiger partial charge in [0.15, 0.2) is 0 Å². The zero-order chi connectivity index (χ0) is 29.1. The predicted octanol–water partition coefficient (Wildman–Crippen LogP) is 4.23. The van der Waals surface area contributed by atoms with E-state index in [4.69, 9.17) is 10.5 Å². The molecule has 0 saturated heterocycles. The van der Waals surface area contributed by atoms with E-state index in [9.17, 15) is 20.0 Å². The van der Waals surface area contributed by atoms with Crippen LogP contribution in [-0.2, 0) is 11.3 Å². The Morgan fingerprint density at radius 2 is 1.98 bits per heavy atom. The van der Waals surface area contributed by atoms with Crippen molar-refractivity contribution in [3.63, 3.8) is 0 Å². The molecule has 1 aliphatic rings. The second kappa shape index (κ2) is 11.5. The van der Waals surface area contributed by atoms with Crippen LogP contribution in [0.5, 0.6) is 5.75 Å². The molecule has 0 spiro atoms. The molecule has 4 aromatic rings. The van der Waals surface area contributed by atoms with Crippen molar-refractivity contribution in [2.45, 2.75) is 31.8 Å². The van der Waals surface area contributed by atoms with Crippen LogP contribution in [-0.4, -0.2) is 46.2 Å². The lowest BCUT2D eigenvalue weighted by Crippen LogP contribution is -2.39. The number of aliphatic hydroxyl groups is 1. The number of nitrogens with two attached hydrogens (primary N) is 1. The summed E-state index contributed by atoms with van der Waals surface area (Å²) in [7, 11) is 1.51. The monoisotopic (exact) mass is 550 g/mol. The summed E-state index contributed by atoms with van der Waals surface area (Å²) in [4.78, 5) is 29.1. The minimum Gasteiger partial charge on any atom is -0.496 e. The predicted molar refractivity (Wildman–Crippen MR) is 157 cm³/mol. The van der Waals surface area contributed by atoms with Gasteiger partial charge in [-0.25, -0.2) is 4.98 Å². The first kappa shape index (κ1) is 27.4. The van der Waals surface area contributed by atoms with Crippen molar-refractivity contribution in [3.8, 4) is 34.2 Å². The third-order valence-electron chi connectivity index (χ3n) is 7.34. The summed E-state index contributed by atoms with van der Waals surface area (Å²) in [6.45, 7) is 3.47. The van der Waals surface area contributed by atoms with Gasteiger partial charge in [-0.3, -0.25) is 9.59 Å². The number of methoxy groups -OCH3 is 1. The number of benzene rings is 2. The Labute approximate surface area is 237 Å². The first-order valence-corrected chi connectivity index (χ1v) is 13.2. The van der Waals surface area contributed by atoms with Crippen molar-refractivity contribution in [2.24, 2.45) is 0 Å². The highest BCUT2D eigenvalue weighted by atomic mass is 16.5. The third kappa shape index (κ3) is 5.11. The van der Waals surface area contributed by atoms with Gasteiger partial charge in [0.1, 0.15) is 17.6 Å². The minimum absolute atomic E-state index is 0.171. The molecule has 2 heterocycles. The van der Waals surface area contributed by atoms with Crippen LogP contribution in [0.3, 0.4) is 0 Å². The maximum Gasteiger partial charge on any atom is 0.255 e. The number of hydrogen-bond acceptors (Lipinski definition) is 7. The number of ether oxygens (including phenoxy) is 1. The Balaban J connectivity index is 1.74. The number of rotatable bonds is 9. The van der Waals surface area contributed by atoms with Crippen LogP contribution >= 0.6 is 0 Å². The summed E-state index contributed by atoms with van der Waals surface area (Å²) in [5, 5.41) is 26.3. The second-order valence-electron chi connectivity index (χ2n) is 9.78. The Morgan fingerprint density at radius 3 is 2.59 bits per heavy atom. The molecule has 41 heavy (non-hydrogen) atoms. The summed E-state index contributed by atoms with van der Waals surface area (Å²) in [6.07, 6.45) is 5.63. The van der Waals surface area contributed by atoms with Gasteiger partial charge in [-0.1, -0.05) is 24.8 Å². The molecule has 10 nitrogen and oxygen atoms in total. The Kier molecular flexibility index (Phi) is 7.72. The number of carbonyl (C=O) groups excluding carboxylic acids is 2. The molecule has 0 bridgehead atoms. The number of fused-ring (bicyclic) bond motifs is 1. The first-order valence-electron chi connectivity index (χ1n) is 13.2. The van der Waals surface area contributed by atoms with E-state index in [1.165, 1.54) is 19.4 Å². The highest BCUT2D eigenvalue weighted by Crippen LogP contribution is 2.45. The van der Waals surface area contributed by atoms with Gasteiger partial charge in [0.05, 0.1) is 41.4 Å². The van der Waals surface area contributed by atoms with Crippen LogP contribution in [0.4, 0.5) is 11.5 Å². The SMILES string of the molecule is C=CC(=O)Nc1ccc(-c2c(-c3ccc(C(=O)NC4CCC4)c(OC)c3)c3c(N)ncc(C#N)c3n2CCO)cc1. The van der Waals surface area contributed by atoms with E-state index in [0.29, 0.717) is 50.3 Å². The van der Waals surface area contributed by atoms with Crippen LogP contribution in [0.1, 0.15) is 35.2 Å². The van der Waals surface area contributed by atoms with E-state index in [2.05, 4.69) is 28.3 Å². The number of nitrogens with one attached hydrogen (secondary N) is 2. The molecule has 1 saturated carbocycles. The van der Waals surface area contributed by atoms with Gasteiger partial charge in [0, 0.05) is 30.0 Å². The number of aliphatic hydroxyl groups excluding tert-OH is 1. The van der Waals surface area contributed by atoms with Crippen molar-refractivity contribution >= 4 is 34.2 Å². The molecule has 2 amide bonds. The molecule has 0 radical (unpaired) electrons. The number of aromatic nitrogens is 2. The lowest BCUT2D eigenvalue weighted by atomic mass is 9.92. The molecule has 2 aromatic carbocycles. The highest BCUT2D eigenvalue weighted by Gasteiger charge is 2.27. The first-order chi connectivity index (χ1) is 19.9. The number of hydrogen-bond donors (Lipinski definition) is 4. The van der Waals surface area contributed by atoms with Gasteiger partial charge in [-0.2, -0.15) is 5.26 Å². The maximum absolute atomic E-state index is 13.0. The van der Waals surface area contributed by atoms with Gasteiger partial charge >= 0.3 is 0 Å². The summed E-state index contributed by atoms with van der Waals surface area (Å²) in [6, 6.07) is 14.8. The summed E-state index contributed by atoms with van der Waals surface area (Å²) in [5.41, 5.74) is 11.1. The van der Waals surface area contributed by atoms with Crippen molar-refractivity contribution in [3.05, 3.63) is 72.4 Å². The number of anilines is 2. The average molecular weight is 551 g/mol. The summed E-state index contributed by atoms with van der Waals surface area (Å²) in [5.74, 6) is 0.0661. The molecule has 0 atom stereocenters. The molecular formula is C31H30N6O4. The number of nitrogen functional groups attached to an aromatic ring is 1. The second-order valence-corrected chi connectivity index (χ2v) is 9.78. The largest absolute Gasteiger partial charge is 0.496 e. The zero-order valence-corrected chi connectivity index (χ0v) is 22.6. The zero-order valence-electron chi connectivity index (χ0n) is 22.6. The molecule has 1 fully saturated rings. The van der Waals surface area contributed by atoms with Crippen LogP contribution in [0.15, 0.2) is 61.3 Å². The topological polar surface area (TPSA) is 155 Å². The quantitative estimate of drug-likeness (QED) is 0.227. The Bertz CT molecular complexity index is 1700. The van der Waals surface area contributed by atoms with Crippen molar-refractivity contribution in [1.29, 1.82) is 5.26 Å². The number of nitriles is 1. The van der Waals surface area contributed by atoms with E-state index < -0.39 is 0 Å². The Hall–Kier alpha value is -5.14. The molecule has 5 rings (SSSR count). The summed E-state index contributed by atoms with van der Waals surface area (Å²) < 4.78 is 7.51. The van der Waals surface area contributed by atoms with Gasteiger partial charge in [0.25, 0.3) is 5.91 Å². The molecule has 1 aliphatic carbocycles. The van der Waals surface area contributed by atoms with Crippen LogP contribution in [0, 0.1) is 11.3 Å². The number of nitrogens with zero attached hydrogens (tertiary/aromatic N) is 3. The number of pyridine rings is 1. The molecule has 2 aromatic heterocycles. The molecule has 10 heteroatoms. The van der Waals surface area contributed by atoms with Crippen molar-refractivity contribution < 1.29 is 19.4 Å². The molecule has 0 aliphatic heterocycles. The van der Waals surface area contributed by atoms with E-state index in [0.717, 1.165) is 24.8 Å². The fourth-order valence-electron chi connectivity index (χ4n) is 5.15. The van der Waals surface area contributed by atoms with E-state index in [1.54, 1.807) is 24.3 Å². The maximum atomic E-state index is 13.0. The summed E-state index contributed by atoms with van der Waals surface area (Å²) >= 11 is 0. The Morgan fingerprint density at radius 1 is 1.24 bits per heavy atom.